The van der Waals surface area contributed by atoms with Gasteiger partial charge in [-0.05, 0) is 75.8 Å². The second kappa shape index (κ2) is 11.2. The van der Waals surface area contributed by atoms with Gasteiger partial charge in [0.05, 0.1) is 19.0 Å². The molecule has 0 bridgehead atoms. The predicted octanol–water partition coefficient (Wildman–Crippen LogP) is 5.27. The monoisotopic (exact) mass is 565 g/mol. The van der Waals surface area contributed by atoms with E-state index >= 15 is 0 Å². The highest BCUT2D eigenvalue weighted by molar-refractivity contribution is 7.16. The molecule has 3 atom stereocenters. The Morgan fingerprint density at radius 1 is 1.28 bits per heavy atom. The Hall–Kier alpha value is -3.07. The second-order valence-electron chi connectivity index (χ2n) is 10.8. The van der Waals surface area contributed by atoms with E-state index in [-0.39, 0.29) is 11.5 Å². The molecule has 0 amide bonds. The van der Waals surface area contributed by atoms with Gasteiger partial charge in [-0.25, -0.2) is 4.99 Å². The minimum Gasteiger partial charge on any atom is -0.481 e. The Labute approximate surface area is 238 Å². The SMILES string of the molecule is COc1cc(-c2cc(C3(C)CCCc4sc(/N=C/N(C)C)c(C#N)c43)sn2)nc(O[C@@H](C)[C@@H]2CCCN2C)n1. The van der Waals surface area contributed by atoms with Crippen molar-refractivity contribution in [3.8, 4) is 29.3 Å². The van der Waals surface area contributed by atoms with Crippen LogP contribution < -0.4 is 9.47 Å². The number of ether oxygens (including phenoxy) is 2. The molecule has 4 heterocycles. The molecule has 9 nitrogen and oxygen atoms in total. The quantitative estimate of drug-likeness (QED) is 0.269. The van der Waals surface area contributed by atoms with Crippen LogP contribution in [-0.2, 0) is 11.8 Å². The van der Waals surface area contributed by atoms with Crippen molar-refractivity contribution in [3.05, 3.63) is 33.0 Å². The van der Waals surface area contributed by atoms with E-state index in [4.69, 9.17) is 18.8 Å². The first-order valence-electron chi connectivity index (χ1n) is 13.3. The van der Waals surface area contributed by atoms with E-state index in [0.29, 0.717) is 29.2 Å². The summed E-state index contributed by atoms with van der Waals surface area (Å²) in [6.45, 7) is 5.37. The number of aliphatic imine (C=N–C) groups is 1. The van der Waals surface area contributed by atoms with Crippen molar-refractivity contribution < 1.29 is 9.47 Å². The number of hydrogen-bond donors (Lipinski definition) is 0. The van der Waals surface area contributed by atoms with Gasteiger partial charge in [0, 0.05) is 41.4 Å². The van der Waals surface area contributed by atoms with E-state index in [0.717, 1.165) is 53.4 Å². The molecule has 1 unspecified atom stereocenters. The third-order valence-corrected chi connectivity index (χ3v) is 9.94. The van der Waals surface area contributed by atoms with Gasteiger partial charge in [-0.2, -0.15) is 19.6 Å². The van der Waals surface area contributed by atoms with Crippen LogP contribution in [0.4, 0.5) is 5.00 Å². The third kappa shape index (κ3) is 5.38. The number of hydrogen-bond acceptors (Lipinski definition) is 10. The fourth-order valence-corrected chi connectivity index (χ4v) is 7.86. The summed E-state index contributed by atoms with van der Waals surface area (Å²) in [5.74, 6) is 0.440. The van der Waals surface area contributed by atoms with E-state index in [1.807, 2.05) is 19.0 Å². The first-order valence-corrected chi connectivity index (χ1v) is 14.9. The standard InChI is InChI=1S/C28H35N7O2S2/c1-17(21-9-8-12-35(21)5)37-27-31-19(14-24(32-27)36-6)20-13-23(39-33-20)28(2)11-7-10-22-25(28)18(15-29)26(38-22)30-16-34(3)4/h13-14,16-17,21H,7-12H2,1-6H3/b30-16+/t17-,21-,28?/m0/s1. The van der Waals surface area contributed by atoms with E-state index in [2.05, 4.69) is 47.9 Å². The van der Waals surface area contributed by atoms with Gasteiger partial charge < -0.3 is 14.4 Å². The van der Waals surface area contributed by atoms with Gasteiger partial charge in [-0.1, -0.05) is 6.92 Å². The first-order chi connectivity index (χ1) is 18.7. The van der Waals surface area contributed by atoms with Gasteiger partial charge in [0.15, 0.2) is 0 Å². The van der Waals surface area contributed by atoms with Crippen molar-refractivity contribution in [2.24, 2.45) is 4.99 Å². The van der Waals surface area contributed by atoms with Crippen molar-refractivity contribution in [3.63, 3.8) is 0 Å². The Balaban J connectivity index is 1.48. The lowest BCUT2D eigenvalue weighted by Gasteiger charge is -2.33. The van der Waals surface area contributed by atoms with Crippen LogP contribution in [0.25, 0.3) is 11.4 Å². The maximum Gasteiger partial charge on any atom is 0.320 e. The lowest BCUT2D eigenvalue weighted by molar-refractivity contribution is 0.111. The number of aromatic nitrogens is 3. The molecule has 206 valence electrons. The van der Waals surface area contributed by atoms with E-state index in [1.54, 1.807) is 30.9 Å². The number of rotatable bonds is 8. The largest absolute Gasteiger partial charge is 0.481 e. The molecule has 0 saturated carbocycles. The summed E-state index contributed by atoms with van der Waals surface area (Å²) in [5, 5.41) is 10.9. The van der Waals surface area contributed by atoms with Gasteiger partial charge in [-0.15, -0.1) is 11.3 Å². The lowest BCUT2D eigenvalue weighted by Crippen LogP contribution is -2.38. The topological polar surface area (TPSA) is 99.8 Å². The van der Waals surface area contributed by atoms with Gasteiger partial charge in [0.25, 0.3) is 0 Å². The Morgan fingerprint density at radius 2 is 2.10 bits per heavy atom. The maximum absolute atomic E-state index is 10.2. The molecule has 1 saturated heterocycles. The lowest BCUT2D eigenvalue weighted by atomic mass is 9.71. The van der Waals surface area contributed by atoms with Crippen LogP contribution in [0.2, 0.25) is 0 Å². The molecule has 2 aliphatic rings. The van der Waals surface area contributed by atoms with Crippen molar-refractivity contribution in [1.82, 2.24) is 24.1 Å². The van der Waals surface area contributed by atoms with Crippen molar-refractivity contribution in [2.45, 2.75) is 63.5 Å². The molecule has 3 aromatic heterocycles. The highest BCUT2D eigenvalue weighted by Crippen LogP contribution is 2.51. The number of likely N-dealkylation sites (N-methyl/N-ethyl adjacent to an activating group) is 1. The van der Waals surface area contributed by atoms with Crippen molar-refractivity contribution in [1.29, 1.82) is 5.26 Å². The summed E-state index contributed by atoms with van der Waals surface area (Å²) in [5.41, 5.74) is 2.86. The fraction of sp³-hybridized carbons (Fsp3) is 0.536. The maximum atomic E-state index is 10.2. The summed E-state index contributed by atoms with van der Waals surface area (Å²) >= 11 is 3.10. The molecule has 1 aliphatic heterocycles. The third-order valence-electron chi connectivity index (χ3n) is 7.73. The molecule has 0 aromatic carbocycles. The van der Waals surface area contributed by atoms with Crippen LogP contribution in [0, 0.1) is 11.3 Å². The van der Waals surface area contributed by atoms with Crippen molar-refractivity contribution in [2.75, 3.05) is 34.8 Å². The number of likely N-dealkylation sites (tertiary alicyclic amines) is 1. The number of nitriles is 1. The highest BCUT2D eigenvalue weighted by atomic mass is 32.1. The molecular weight excluding hydrogens is 530 g/mol. The van der Waals surface area contributed by atoms with Gasteiger partial charge >= 0.3 is 6.01 Å². The average molecular weight is 566 g/mol. The van der Waals surface area contributed by atoms with E-state index < -0.39 is 0 Å². The Morgan fingerprint density at radius 3 is 2.79 bits per heavy atom. The minimum atomic E-state index is -0.324. The van der Waals surface area contributed by atoms with Crippen LogP contribution in [0.1, 0.15) is 60.4 Å². The second-order valence-corrected chi connectivity index (χ2v) is 12.6. The first kappa shape index (κ1) is 27.5. The molecule has 0 N–H and O–H groups in total. The van der Waals surface area contributed by atoms with Gasteiger partial charge in [0.2, 0.25) is 5.88 Å². The zero-order valence-corrected chi connectivity index (χ0v) is 25.0. The van der Waals surface area contributed by atoms with Crippen LogP contribution in [0.5, 0.6) is 11.9 Å². The summed E-state index contributed by atoms with van der Waals surface area (Å²) in [4.78, 5) is 20.4. The molecule has 3 aromatic rings. The number of thiophene rings is 1. The predicted molar refractivity (Wildman–Crippen MR) is 156 cm³/mol. The van der Waals surface area contributed by atoms with Crippen LogP contribution in [0.3, 0.4) is 0 Å². The van der Waals surface area contributed by atoms with Crippen LogP contribution in [0.15, 0.2) is 17.1 Å². The number of fused-ring (bicyclic) bond motifs is 1. The van der Waals surface area contributed by atoms with Gasteiger partial charge in [0.1, 0.15) is 28.6 Å². The number of aryl methyl sites for hydroxylation is 1. The summed E-state index contributed by atoms with van der Waals surface area (Å²) < 4.78 is 16.5. The van der Waals surface area contributed by atoms with Crippen LogP contribution in [-0.4, -0.2) is 77.4 Å². The molecule has 1 fully saturated rings. The van der Waals surface area contributed by atoms with E-state index in [9.17, 15) is 5.26 Å². The molecule has 11 heteroatoms. The summed E-state index contributed by atoms with van der Waals surface area (Å²) in [6, 6.07) is 6.99. The normalized spacial score (nSPS) is 22.0. The zero-order chi connectivity index (χ0) is 27.7. The minimum absolute atomic E-state index is 0.0460. The van der Waals surface area contributed by atoms with Crippen molar-refractivity contribution >= 4 is 34.2 Å². The van der Waals surface area contributed by atoms with E-state index in [1.165, 1.54) is 22.8 Å². The molecule has 0 radical (unpaired) electrons. The number of methoxy groups -OCH3 is 1. The average Bonchev–Trinajstić information content (AvgIpc) is 3.66. The zero-order valence-electron chi connectivity index (χ0n) is 23.4. The fourth-order valence-electron chi connectivity index (χ4n) is 5.68. The summed E-state index contributed by atoms with van der Waals surface area (Å²) in [6.07, 6.45) is 6.93. The molecule has 1 aliphatic carbocycles. The summed E-state index contributed by atoms with van der Waals surface area (Å²) in [7, 11) is 7.58. The van der Waals surface area contributed by atoms with Gasteiger partial charge in [-0.3, -0.25) is 4.90 Å². The smallest absolute Gasteiger partial charge is 0.320 e. The molecule has 0 spiro atoms. The molecule has 5 rings (SSSR count). The Bertz CT molecular complexity index is 1410. The molecule has 39 heavy (non-hydrogen) atoms. The highest BCUT2D eigenvalue weighted by Gasteiger charge is 2.40. The molecular formula is C28H35N7O2S2. The number of nitrogens with zero attached hydrogens (tertiary/aromatic N) is 7. The Kier molecular flexibility index (Phi) is 7.89. The van der Waals surface area contributed by atoms with Crippen LogP contribution >= 0.6 is 22.9 Å².